The van der Waals surface area contributed by atoms with E-state index in [1.54, 1.807) is 0 Å². The third kappa shape index (κ3) is 9.04. The van der Waals surface area contributed by atoms with Crippen LogP contribution in [0.5, 0.6) is 0 Å². The zero-order valence-corrected chi connectivity index (χ0v) is 12.9. The lowest BCUT2D eigenvalue weighted by Crippen LogP contribution is -2.47. The van der Waals surface area contributed by atoms with Crippen LogP contribution in [0.25, 0.3) is 0 Å². The van der Waals surface area contributed by atoms with Crippen LogP contribution in [0, 0.1) is 0 Å². The van der Waals surface area contributed by atoms with Crippen molar-refractivity contribution in [2.45, 2.75) is 96.4 Å². The molecular formula is C16H33NO2. The SMILES string of the molecule is CCCCCCCC(N)(CCCCCCC)C(=O)O. The Bertz CT molecular complexity index is 215. The smallest absolute Gasteiger partial charge is 0.323 e. The summed E-state index contributed by atoms with van der Waals surface area (Å²) in [6, 6.07) is 0. The van der Waals surface area contributed by atoms with E-state index in [1.807, 2.05) is 0 Å². The normalized spacial score (nSPS) is 11.7. The number of hydrogen-bond donors (Lipinski definition) is 2. The predicted octanol–water partition coefficient (Wildman–Crippen LogP) is 4.49. The molecule has 0 rings (SSSR count). The lowest BCUT2D eigenvalue weighted by molar-refractivity contribution is -0.144. The average molecular weight is 271 g/mol. The van der Waals surface area contributed by atoms with Gasteiger partial charge in [0.2, 0.25) is 0 Å². The van der Waals surface area contributed by atoms with Gasteiger partial charge in [-0.15, -0.1) is 0 Å². The maximum atomic E-state index is 11.3. The molecule has 19 heavy (non-hydrogen) atoms. The number of carboxylic acids is 1. The van der Waals surface area contributed by atoms with Crippen LogP contribution in [0.4, 0.5) is 0 Å². The molecular weight excluding hydrogens is 238 g/mol. The summed E-state index contributed by atoms with van der Waals surface area (Å²) in [5.41, 5.74) is 5.08. The fourth-order valence-corrected chi connectivity index (χ4v) is 2.43. The van der Waals surface area contributed by atoms with E-state index < -0.39 is 11.5 Å². The van der Waals surface area contributed by atoms with Gasteiger partial charge in [0.25, 0.3) is 0 Å². The fourth-order valence-electron chi connectivity index (χ4n) is 2.43. The van der Waals surface area contributed by atoms with Crippen molar-refractivity contribution >= 4 is 5.97 Å². The van der Waals surface area contributed by atoms with Gasteiger partial charge in [-0.1, -0.05) is 78.1 Å². The number of hydrogen-bond acceptors (Lipinski definition) is 2. The van der Waals surface area contributed by atoms with Crippen LogP contribution < -0.4 is 5.73 Å². The highest BCUT2D eigenvalue weighted by Gasteiger charge is 2.32. The Morgan fingerprint density at radius 1 is 0.842 bits per heavy atom. The molecule has 0 spiro atoms. The van der Waals surface area contributed by atoms with E-state index in [1.165, 1.54) is 38.5 Å². The molecule has 0 fully saturated rings. The molecule has 0 amide bonds. The molecule has 0 radical (unpaired) electrons. The van der Waals surface area contributed by atoms with Crippen LogP contribution in [0.2, 0.25) is 0 Å². The maximum Gasteiger partial charge on any atom is 0.323 e. The molecule has 114 valence electrons. The van der Waals surface area contributed by atoms with E-state index in [9.17, 15) is 9.90 Å². The van der Waals surface area contributed by atoms with Gasteiger partial charge in [-0.25, -0.2) is 0 Å². The van der Waals surface area contributed by atoms with Crippen LogP contribution in [0.1, 0.15) is 90.9 Å². The first-order valence-electron chi connectivity index (χ1n) is 8.09. The Morgan fingerprint density at radius 3 is 1.53 bits per heavy atom. The van der Waals surface area contributed by atoms with Crippen LogP contribution in [0.3, 0.4) is 0 Å². The van der Waals surface area contributed by atoms with Gasteiger partial charge in [-0.05, 0) is 12.8 Å². The van der Waals surface area contributed by atoms with Gasteiger partial charge in [0.1, 0.15) is 5.54 Å². The number of carbonyl (C=O) groups is 1. The van der Waals surface area contributed by atoms with E-state index >= 15 is 0 Å². The summed E-state index contributed by atoms with van der Waals surface area (Å²) in [4.78, 5) is 11.3. The first kappa shape index (κ1) is 18.4. The highest BCUT2D eigenvalue weighted by molar-refractivity contribution is 5.78. The summed E-state index contributed by atoms with van der Waals surface area (Å²) in [7, 11) is 0. The van der Waals surface area contributed by atoms with Crippen LogP contribution >= 0.6 is 0 Å². The number of nitrogens with two attached hydrogens (primary N) is 1. The Labute approximate surface area is 119 Å². The molecule has 0 saturated heterocycles. The van der Waals surface area contributed by atoms with Crippen molar-refractivity contribution < 1.29 is 9.90 Å². The van der Waals surface area contributed by atoms with E-state index in [4.69, 9.17) is 5.73 Å². The summed E-state index contributed by atoms with van der Waals surface area (Å²) in [6.45, 7) is 4.36. The van der Waals surface area contributed by atoms with E-state index in [2.05, 4.69) is 13.8 Å². The molecule has 3 nitrogen and oxygen atoms in total. The zero-order valence-electron chi connectivity index (χ0n) is 12.9. The molecule has 0 aromatic carbocycles. The van der Waals surface area contributed by atoms with Crippen LogP contribution in [0.15, 0.2) is 0 Å². The minimum atomic E-state index is -0.988. The highest BCUT2D eigenvalue weighted by Crippen LogP contribution is 2.21. The molecule has 0 aromatic heterocycles. The third-order valence-electron chi connectivity index (χ3n) is 3.88. The summed E-state index contributed by atoms with van der Waals surface area (Å²) in [5, 5.41) is 9.31. The first-order chi connectivity index (χ1) is 9.06. The third-order valence-corrected chi connectivity index (χ3v) is 3.88. The van der Waals surface area contributed by atoms with Crippen LogP contribution in [-0.2, 0) is 4.79 Å². The van der Waals surface area contributed by atoms with Gasteiger partial charge in [0.05, 0.1) is 0 Å². The number of aliphatic carboxylic acids is 1. The van der Waals surface area contributed by atoms with E-state index in [0.717, 1.165) is 25.7 Å². The molecule has 0 aliphatic heterocycles. The molecule has 0 heterocycles. The molecule has 0 unspecified atom stereocenters. The second-order valence-electron chi connectivity index (χ2n) is 5.79. The van der Waals surface area contributed by atoms with Gasteiger partial charge in [0, 0.05) is 0 Å². The monoisotopic (exact) mass is 271 g/mol. The largest absolute Gasteiger partial charge is 0.480 e. The van der Waals surface area contributed by atoms with Crippen LogP contribution in [-0.4, -0.2) is 16.6 Å². The van der Waals surface area contributed by atoms with Crippen molar-refractivity contribution in [3.8, 4) is 0 Å². The Balaban J connectivity index is 3.88. The molecule has 0 aliphatic carbocycles. The van der Waals surface area contributed by atoms with Crippen molar-refractivity contribution in [1.29, 1.82) is 0 Å². The van der Waals surface area contributed by atoms with Crippen molar-refractivity contribution in [2.75, 3.05) is 0 Å². The second kappa shape index (κ2) is 11.3. The number of unbranched alkanes of at least 4 members (excludes halogenated alkanes) is 8. The first-order valence-corrected chi connectivity index (χ1v) is 8.09. The Hall–Kier alpha value is -0.570. The molecule has 0 aliphatic rings. The Kier molecular flexibility index (Phi) is 10.9. The minimum absolute atomic E-state index is 0.625. The predicted molar refractivity (Wildman–Crippen MR) is 81.3 cm³/mol. The summed E-state index contributed by atoms with van der Waals surface area (Å²) in [6.07, 6.45) is 12.6. The van der Waals surface area contributed by atoms with Crippen molar-refractivity contribution in [3.63, 3.8) is 0 Å². The van der Waals surface area contributed by atoms with Crippen molar-refractivity contribution in [3.05, 3.63) is 0 Å². The maximum absolute atomic E-state index is 11.3. The van der Waals surface area contributed by atoms with Gasteiger partial charge >= 0.3 is 5.97 Å². The highest BCUT2D eigenvalue weighted by atomic mass is 16.4. The fraction of sp³-hybridized carbons (Fsp3) is 0.938. The molecule has 3 N–H and O–H groups in total. The molecule has 0 bridgehead atoms. The van der Waals surface area contributed by atoms with Gasteiger partial charge in [-0.2, -0.15) is 0 Å². The summed E-state index contributed by atoms with van der Waals surface area (Å²) in [5.74, 6) is -0.821. The van der Waals surface area contributed by atoms with E-state index in [0.29, 0.717) is 12.8 Å². The quantitative estimate of drug-likeness (QED) is 0.485. The molecule has 0 saturated carbocycles. The zero-order chi connectivity index (χ0) is 14.6. The Morgan fingerprint density at radius 2 is 1.21 bits per heavy atom. The lowest BCUT2D eigenvalue weighted by Gasteiger charge is -2.24. The van der Waals surface area contributed by atoms with Gasteiger partial charge in [-0.3, -0.25) is 4.79 Å². The average Bonchev–Trinajstić information content (AvgIpc) is 2.38. The van der Waals surface area contributed by atoms with Crippen molar-refractivity contribution in [2.24, 2.45) is 5.73 Å². The molecule has 0 atom stereocenters. The second-order valence-corrected chi connectivity index (χ2v) is 5.79. The van der Waals surface area contributed by atoms with Gasteiger partial charge < -0.3 is 10.8 Å². The van der Waals surface area contributed by atoms with Crippen molar-refractivity contribution in [1.82, 2.24) is 0 Å². The summed E-state index contributed by atoms with van der Waals surface area (Å²) >= 11 is 0. The molecule has 3 heteroatoms. The minimum Gasteiger partial charge on any atom is -0.480 e. The molecule has 0 aromatic rings. The lowest BCUT2D eigenvalue weighted by atomic mass is 9.87. The number of carboxylic acid groups (broad SMARTS) is 1. The van der Waals surface area contributed by atoms with E-state index in [-0.39, 0.29) is 0 Å². The van der Waals surface area contributed by atoms with Gasteiger partial charge in [0.15, 0.2) is 0 Å². The standard InChI is InChI=1S/C16H33NO2/c1-3-5-7-9-11-13-16(17,15(18)19)14-12-10-8-6-4-2/h3-14,17H2,1-2H3,(H,18,19). The topological polar surface area (TPSA) is 63.3 Å². The summed E-state index contributed by atoms with van der Waals surface area (Å²) < 4.78 is 0. The number of rotatable bonds is 13.